The normalized spacial score (nSPS) is 27.5. The molecule has 0 radical (unpaired) electrons. The number of dihydropyridines is 1. The Morgan fingerprint density at radius 2 is 2.16 bits per heavy atom. The zero-order valence-corrected chi connectivity index (χ0v) is 18.8. The Hall–Kier alpha value is -2.52. The van der Waals surface area contributed by atoms with Crippen LogP contribution in [0.4, 0.5) is 10.2 Å². The fraction of sp³-hybridized carbons (Fsp3) is 0.609. The highest BCUT2D eigenvalue weighted by Crippen LogP contribution is 2.32. The molecule has 2 fully saturated rings. The summed E-state index contributed by atoms with van der Waals surface area (Å²) in [4.78, 5) is 12.7. The van der Waals surface area contributed by atoms with E-state index in [9.17, 15) is 9.18 Å². The third kappa shape index (κ3) is 5.45. The molecule has 0 aliphatic carbocycles. The molecule has 0 bridgehead atoms. The highest BCUT2D eigenvalue weighted by Gasteiger charge is 2.32. The van der Waals surface area contributed by atoms with Gasteiger partial charge in [-0.05, 0) is 56.7 Å². The van der Waals surface area contributed by atoms with Gasteiger partial charge in [0.25, 0.3) is 0 Å². The van der Waals surface area contributed by atoms with Crippen molar-refractivity contribution in [1.82, 2.24) is 26.1 Å². The molecule has 9 heteroatoms. The van der Waals surface area contributed by atoms with Gasteiger partial charge in [0, 0.05) is 43.6 Å². The van der Waals surface area contributed by atoms with Crippen LogP contribution in [0, 0.1) is 11.3 Å². The van der Waals surface area contributed by atoms with E-state index >= 15 is 0 Å². The van der Waals surface area contributed by atoms with Crippen LogP contribution in [0.25, 0.3) is 5.57 Å². The topological polar surface area (TPSA) is 100 Å². The molecule has 8 nitrogen and oxygen atoms in total. The molecule has 1 amide bonds. The van der Waals surface area contributed by atoms with Crippen LogP contribution < -0.4 is 21.3 Å². The van der Waals surface area contributed by atoms with Crippen molar-refractivity contribution in [2.45, 2.75) is 45.2 Å². The molecule has 0 aromatic carbocycles. The Balaban J connectivity index is 1.47. The van der Waals surface area contributed by atoms with Crippen molar-refractivity contribution in [3.8, 4) is 0 Å². The summed E-state index contributed by atoms with van der Waals surface area (Å²) in [5.41, 5.74) is 0.218. The van der Waals surface area contributed by atoms with Gasteiger partial charge in [0.15, 0.2) is 0 Å². The van der Waals surface area contributed by atoms with E-state index in [1.54, 1.807) is 18.3 Å². The maximum absolute atomic E-state index is 14.8. The van der Waals surface area contributed by atoms with Crippen LogP contribution in [-0.2, 0) is 9.53 Å². The van der Waals surface area contributed by atoms with E-state index in [1.165, 1.54) is 6.20 Å². The number of rotatable bonds is 6. The molecule has 32 heavy (non-hydrogen) atoms. The number of aromatic nitrogens is 2. The van der Waals surface area contributed by atoms with Crippen molar-refractivity contribution in [1.29, 1.82) is 0 Å². The van der Waals surface area contributed by atoms with Gasteiger partial charge in [-0.15, -0.1) is 5.10 Å². The first-order valence-electron chi connectivity index (χ1n) is 11.4. The van der Waals surface area contributed by atoms with E-state index in [4.69, 9.17) is 4.74 Å². The van der Waals surface area contributed by atoms with Crippen LogP contribution >= 0.6 is 0 Å². The Morgan fingerprint density at radius 3 is 2.91 bits per heavy atom. The van der Waals surface area contributed by atoms with Crippen LogP contribution in [0.5, 0.6) is 0 Å². The first kappa shape index (κ1) is 22.7. The first-order chi connectivity index (χ1) is 15.4. The van der Waals surface area contributed by atoms with Crippen LogP contribution in [0.2, 0.25) is 0 Å². The molecule has 174 valence electrons. The molecule has 0 spiro atoms. The summed E-state index contributed by atoms with van der Waals surface area (Å²) in [6.45, 7) is 7.93. The number of piperidine rings is 1. The summed E-state index contributed by atoms with van der Waals surface area (Å²) in [6.07, 6.45) is 8.33. The van der Waals surface area contributed by atoms with E-state index in [2.05, 4.69) is 38.4 Å². The van der Waals surface area contributed by atoms with Gasteiger partial charge < -0.3 is 26.0 Å². The lowest BCUT2D eigenvalue weighted by Crippen LogP contribution is -2.57. The summed E-state index contributed by atoms with van der Waals surface area (Å²) in [6, 6.07) is 1.80. The lowest BCUT2D eigenvalue weighted by molar-refractivity contribution is -0.127. The average molecular weight is 445 g/mol. The minimum Gasteiger partial charge on any atom is -0.381 e. The summed E-state index contributed by atoms with van der Waals surface area (Å²) >= 11 is 0. The molecule has 3 aliphatic heterocycles. The predicted molar refractivity (Wildman–Crippen MR) is 121 cm³/mol. The van der Waals surface area contributed by atoms with Crippen LogP contribution in [0.1, 0.15) is 45.1 Å². The minimum atomic E-state index is -0.897. The molecule has 1 unspecified atom stereocenters. The van der Waals surface area contributed by atoms with Gasteiger partial charge in [-0.2, -0.15) is 5.10 Å². The number of carbonyl (C=O) groups excluding carboxylic acids is 1. The molecule has 2 atom stereocenters. The van der Waals surface area contributed by atoms with Gasteiger partial charge in [-0.3, -0.25) is 4.79 Å². The number of hydrogen-bond donors (Lipinski definition) is 4. The third-order valence-electron chi connectivity index (χ3n) is 6.60. The monoisotopic (exact) mass is 444 g/mol. The van der Waals surface area contributed by atoms with Crippen molar-refractivity contribution in [3.63, 3.8) is 0 Å². The standard InChI is InChI=1S/C23H33FN6O2/c1-22(5-8-32-9-6-22)15-26-20-10-17(13-28-30-20)18-11-23(2,27-14-19(18)24)29-21(31)16-4-3-7-25-12-16/h10-11,13-14,16,25,27H,3-9,12,15H2,1-2H3,(H,26,30)(H,29,31)/t16-,23?/m1/s1. The Bertz CT molecular complexity index is 892. The Kier molecular flexibility index (Phi) is 6.76. The smallest absolute Gasteiger partial charge is 0.226 e. The molecule has 2 saturated heterocycles. The second-order valence-corrected chi connectivity index (χ2v) is 9.54. The average Bonchev–Trinajstić information content (AvgIpc) is 2.81. The number of carbonyl (C=O) groups is 1. The summed E-state index contributed by atoms with van der Waals surface area (Å²) in [5, 5.41) is 20.9. The first-order valence-corrected chi connectivity index (χ1v) is 11.4. The fourth-order valence-corrected chi connectivity index (χ4v) is 4.36. The van der Waals surface area contributed by atoms with E-state index in [0.29, 0.717) is 23.5 Å². The number of halogens is 1. The largest absolute Gasteiger partial charge is 0.381 e. The second-order valence-electron chi connectivity index (χ2n) is 9.54. The van der Waals surface area contributed by atoms with Gasteiger partial charge in [0.1, 0.15) is 17.3 Å². The van der Waals surface area contributed by atoms with Gasteiger partial charge in [-0.1, -0.05) is 6.92 Å². The molecule has 1 aromatic rings. The molecule has 4 N–H and O–H groups in total. The van der Waals surface area contributed by atoms with Gasteiger partial charge in [-0.25, -0.2) is 4.39 Å². The van der Waals surface area contributed by atoms with E-state index in [-0.39, 0.29) is 17.2 Å². The number of allylic oxidation sites excluding steroid dienone is 2. The van der Waals surface area contributed by atoms with Gasteiger partial charge in [0.05, 0.1) is 12.1 Å². The number of nitrogens with one attached hydrogen (secondary N) is 4. The summed E-state index contributed by atoms with van der Waals surface area (Å²) in [5.74, 6) is 0.0613. The van der Waals surface area contributed by atoms with Crippen molar-refractivity contribution in [2.24, 2.45) is 11.3 Å². The molecular formula is C23H33FN6O2. The summed E-state index contributed by atoms with van der Waals surface area (Å²) < 4.78 is 20.2. The molecule has 1 aromatic heterocycles. The van der Waals surface area contributed by atoms with Gasteiger partial charge >= 0.3 is 0 Å². The van der Waals surface area contributed by atoms with Crippen molar-refractivity contribution in [2.75, 3.05) is 38.2 Å². The summed E-state index contributed by atoms with van der Waals surface area (Å²) in [7, 11) is 0. The number of anilines is 1. The maximum atomic E-state index is 14.8. The zero-order chi connectivity index (χ0) is 22.6. The van der Waals surface area contributed by atoms with Crippen LogP contribution in [-0.4, -0.2) is 54.6 Å². The lowest BCUT2D eigenvalue weighted by Gasteiger charge is -2.34. The fourth-order valence-electron chi connectivity index (χ4n) is 4.36. The molecule has 4 rings (SSSR count). The zero-order valence-electron chi connectivity index (χ0n) is 18.8. The van der Waals surface area contributed by atoms with Crippen LogP contribution in [0.15, 0.2) is 30.4 Å². The molecule has 4 heterocycles. The van der Waals surface area contributed by atoms with E-state index < -0.39 is 11.5 Å². The number of amides is 1. The quantitative estimate of drug-likeness (QED) is 0.534. The highest BCUT2D eigenvalue weighted by molar-refractivity contribution is 5.83. The number of nitrogens with zero attached hydrogens (tertiary/aromatic N) is 2. The third-order valence-corrected chi connectivity index (χ3v) is 6.60. The van der Waals surface area contributed by atoms with Gasteiger partial charge in [0.2, 0.25) is 5.91 Å². The number of ether oxygens (including phenoxy) is 1. The van der Waals surface area contributed by atoms with Crippen molar-refractivity contribution >= 4 is 17.3 Å². The molecular weight excluding hydrogens is 411 g/mol. The molecule has 0 saturated carbocycles. The van der Waals surface area contributed by atoms with E-state index in [1.807, 2.05) is 6.92 Å². The van der Waals surface area contributed by atoms with Crippen LogP contribution in [0.3, 0.4) is 0 Å². The SMILES string of the molecule is CC1(CNc2cc(C3=CC(C)(NC(=O)[C@@H]4CCCNC4)NC=C3F)cnn2)CCOCC1. The minimum absolute atomic E-state index is 0.0431. The van der Waals surface area contributed by atoms with E-state index in [0.717, 1.165) is 52.0 Å². The number of hydrogen-bond acceptors (Lipinski definition) is 7. The lowest BCUT2D eigenvalue weighted by atomic mass is 9.82. The maximum Gasteiger partial charge on any atom is 0.226 e. The Morgan fingerprint density at radius 1 is 1.34 bits per heavy atom. The Labute approximate surface area is 188 Å². The molecule has 3 aliphatic rings. The second kappa shape index (κ2) is 9.54. The van der Waals surface area contributed by atoms with Crippen molar-refractivity contribution in [3.05, 3.63) is 35.9 Å². The highest BCUT2D eigenvalue weighted by atomic mass is 19.1. The van der Waals surface area contributed by atoms with Crippen molar-refractivity contribution < 1.29 is 13.9 Å². The predicted octanol–water partition coefficient (Wildman–Crippen LogP) is 2.33.